The van der Waals surface area contributed by atoms with Crippen LogP contribution in [0.25, 0.3) is 0 Å². The molecule has 1 aromatic rings. The zero-order chi connectivity index (χ0) is 11.3. The van der Waals surface area contributed by atoms with Crippen molar-refractivity contribution in [1.82, 2.24) is 0 Å². The highest BCUT2D eigenvalue weighted by molar-refractivity contribution is 5.84. The molecule has 1 rings (SSSR count). The smallest absolute Gasteiger partial charge is 0.153 e. The number of nitrogens with one attached hydrogen (secondary N) is 2. The van der Waals surface area contributed by atoms with Crippen molar-refractivity contribution in [3.8, 4) is 5.75 Å². The predicted octanol–water partition coefficient (Wildman–Crippen LogP) is 1.87. The second-order valence-corrected chi connectivity index (χ2v) is 2.62. The van der Waals surface area contributed by atoms with Crippen molar-refractivity contribution in [2.75, 3.05) is 12.1 Å². The number of carbonyl (C=O) groups excluding carboxylic acids is 1. The first-order valence-corrected chi connectivity index (χ1v) is 4.07. The van der Waals surface area contributed by atoms with Crippen molar-refractivity contribution in [3.63, 3.8) is 0 Å². The minimum Gasteiger partial charge on any atom is -0.496 e. The number of rotatable bonds is 5. The zero-order valence-corrected chi connectivity index (χ0v) is 8.10. The number of ether oxygens (including phenoxy) is 1. The van der Waals surface area contributed by atoms with Gasteiger partial charge in [-0.3, -0.25) is 10.2 Å². The Kier molecular flexibility index (Phi) is 3.50. The summed E-state index contributed by atoms with van der Waals surface area (Å²) in [7, 11) is 1.46. The molecule has 0 unspecified atom stereocenters. The van der Waals surface area contributed by atoms with Gasteiger partial charge in [-0.1, -0.05) is 5.22 Å². The topological polar surface area (TPSA) is 89.6 Å². The van der Waals surface area contributed by atoms with E-state index in [4.69, 9.17) is 15.7 Å². The van der Waals surface area contributed by atoms with Crippen molar-refractivity contribution in [3.05, 3.63) is 23.8 Å². The second kappa shape index (κ2) is 4.85. The molecule has 2 N–H and O–H groups in total. The summed E-state index contributed by atoms with van der Waals surface area (Å²) in [5, 5.41) is 11.1. The minimum absolute atomic E-state index is 0.352. The molecule has 78 valence electrons. The van der Waals surface area contributed by atoms with Gasteiger partial charge in [-0.05, 0) is 18.2 Å². The highest BCUT2D eigenvalue weighted by atomic mass is 16.5. The Labute approximate surface area is 86.5 Å². The Morgan fingerprint density at radius 3 is 2.73 bits per heavy atom. The molecule has 0 heterocycles. The Morgan fingerprint density at radius 1 is 1.53 bits per heavy atom. The molecule has 0 aliphatic rings. The molecule has 0 bridgehead atoms. The summed E-state index contributed by atoms with van der Waals surface area (Å²) in [6, 6.07) is 4.69. The summed E-state index contributed by atoms with van der Waals surface area (Å²) in [5.41, 5.74) is 7.62. The van der Waals surface area contributed by atoms with Crippen molar-refractivity contribution in [1.29, 1.82) is 10.9 Å². The van der Waals surface area contributed by atoms with E-state index in [9.17, 15) is 4.79 Å². The van der Waals surface area contributed by atoms with Crippen LogP contribution in [-0.2, 0) is 0 Å². The van der Waals surface area contributed by atoms with Gasteiger partial charge in [-0.2, -0.15) is 5.53 Å². The first-order valence-electron chi connectivity index (χ1n) is 4.07. The summed E-state index contributed by atoms with van der Waals surface area (Å²) in [6.45, 7) is 0. The average molecular weight is 206 g/mol. The standard InChI is InChI=1S/C9H10N4O2/c1-15-9-3-2-8(4-7(9)5-14)13(6-10)12-11/h2-6,10-11H,1H3. The van der Waals surface area contributed by atoms with Gasteiger partial charge in [0.15, 0.2) is 6.29 Å². The van der Waals surface area contributed by atoms with E-state index in [-0.39, 0.29) is 0 Å². The van der Waals surface area contributed by atoms with Crippen LogP contribution in [0.4, 0.5) is 5.69 Å². The first-order chi connectivity index (χ1) is 7.26. The Balaban J connectivity index is 3.17. The molecule has 0 amide bonds. The van der Waals surface area contributed by atoms with Gasteiger partial charge >= 0.3 is 0 Å². The third kappa shape index (κ3) is 2.16. The number of benzene rings is 1. The highest BCUT2D eigenvalue weighted by Gasteiger charge is 2.07. The Morgan fingerprint density at radius 2 is 2.27 bits per heavy atom. The molecule has 0 fully saturated rings. The number of nitrogens with zero attached hydrogens (tertiary/aromatic N) is 2. The molecule has 6 nitrogen and oxygen atoms in total. The SMILES string of the molecule is COc1ccc(N(C=N)N=N)cc1C=O. The van der Waals surface area contributed by atoms with Crippen LogP contribution >= 0.6 is 0 Å². The number of aldehydes is 1. The van der Waals surface area contributed by atoms with Crippen LogP contribution in [0, 0.1) is 10.9 Å². The van der Waals surface area contributed by atoms with E-state index in [1.165, 1.54) is 13.2 Å². The first kappa shape index (κ1) is 10.8. The fourth-order valence-electron chi connectivity index (χ4n) is 1.12. The van der Waals surface area contributed by atoms with E-state index in [0.29, 0.717) is 23.3 Å². The van der Waals surface area contributed by atoms with E-state index >= 15 is 0 Å². The van der Waals surface area contributed by atoms with E-state index in [0.717, 1.165) is 11.3 Å². The Bertz CT molecular complexity index is 384. The van der Waals surface area contributed by atoms with Crippen LogP contribution < -0.4 is 9.75 Å². The monoisotopic (exact) mass is 206 g/mol. The maximum Gasteiger partial charge on any atom is 0.153 e. The summed E-state index contributed by atoms with van der Waals surface area (Å²) < 4.78 is 4.95. The fourth-order valence-corrected chi connectivity index (χ4v) is 1.12. The normalized spacial score (nSPS) is 9.13. The predicted molar refractivity (Wildman–Crippen MR) is 54.8 cm³/mol. The number of anilines is 1. The lowest BCUT2D eigenvalue weighted by atomic mass is 10.2. The van der Waals surface area contributed by atoms with E-state index in [1.807, 2.05) is 0 Å². The largest absolute Gasteiger partial charge is 0.496 e. The molecule has 1 aromatic carbocycles. The van der Waals surface area contributed by atoms with Crippen LogP contribution in [0.3, 0.4) is 0 Å². The van der Waals surface area contributed by atoms with Crippen molar-refractivity contribution in [2.45, 2.75) is 0 Å². The van der Waals surface area contributed by atoms with Crippen LogP contribution in [0.5, 0.6) is 5.75 Å². The molecule has 0 atom stereocenters. The van der Waals surface area contributed by atoms with Crippen LogP contribution in [0.15, 0.2) is 23.4 Å². The number of hydrogen-bond donors (Lipinski definition) is 2. The van der Waals surface area contributed by atoms with Gasteiger partial charge in [0.25, 0.3) is 0 Å². The molecule has 6 heteroatoms. The maximum absolute atomic E-state index is 10.7. The lowest BCUT2D eigenvalue weighted by Crippen LogP contribution is -2.11. The highest BCUT2D eigenvalue weighted by Crippen LogP contribution is 2.23. The second-order valence-electron chi connectivity index (χ2n) is 2.62. The van der Waals surface area contributed by atoms with Gasteiger partial charge in [0, 0.05) is 0 Å². The maximum atomic E-state index is 10.7. The molecular weight excluding hydrogens is 196 g/mol. The summed E-state index contributed by atoms with van der Waals surface area (Å²) >= 11 is 0. The molecule has 0 spiro atoms. The van der Waals surface area contributed by atoms with Gasteiger partial charge in [0.1, 0.15) is 12.1 Å². The van der Waals surface area contributed by atoms with Crippen LogP contribution in [-0.4, -0.2) is 19.7 Å². The molecule has 0 saturated heterocycles. The van der Waals surface area contributed by atoms with Gasteiger partial charge in [-0.15, -0.1) is 0 Å². The summed E-state index contributed by atoms with van der Waals surface area (Å²) in [6.07, 6.45) is 1.53. The number of hydrogen-bond acceptors (Lipinski definition) is 5. The van der Waals surface area contributed by atoms with Crippen molar-refractivity contribution in [2.24, 2.45) is 5.22 Å². The van der Waals surface area contributed by atoms with Gasteiger partial charge in [-0.25, -0.2) is 5.01 Å². The molecule has 15 heavy (non-hydrogen) atoms. The molecule has 0 aliphatic heterocycles. The average Bonchev–Trinajstić information content (AvgIpc) is 2.30. The van der Waals surface area contributed by atoms with Gasteiger partial charge < -0.3 is 4.74 Å². The Hall–Kier alpha value is -2.24. The fraction of sp³-hybridized carbons (Fsp3) is 0.111. The molecule has 0 aliphatic carbocycles. The molecule has 0 radical (unpaired) electrons. The minimum atomic E-state index is 0.352. The van der Waals surface area contributed by atoms with Crippen LogP contribution in [0.1, 0.15) is 10.4 Å². The zero-order valence-electron chi connectivity index (χ0n) is 8.10. The van der Waals surface area contributed by atoms with Gasteiger partial charge in [0.2, 0.25) is 0 Å². The lowest BCUT2D eigenvalue weighted by molar-refractivity contribution is 0.112. The summed E-state index contributed by atoms with van der Waals surface area (Å²) in [4.78, 5) is 10.7. The van der Waals surface area contributed by atoms with E-state index in [1.54, 1.807) is 12.1 Å². The van der Waals surface area contributed by atoms with E-state index in [2.05, 4.69) is 5.22 Å². The lowest BCUT2D eigenvalue weighted by Gasteiger charge is -2.11. The van der Waals surface area contributed by atoms with E-state index < -0.39 is 0 Å². The van der Waals surface area contributed by atoms with Crippen molar-refractivity contribution >= 4 is 18.3 Å². The third-order valence-electron chi connectivity index (χ3n) is 1.83. The molecule has 0 aromatic heterocycles. The van der Waals surface area contributed by atoms with Crippen LogP contribution in [0.2, 0.25) is 0 Å². The van der Waals surface area contributed by atoms with Crippen molar-refractivity contribution < 1.29 is 9.53 Å². The molecular formula is C9H10N4O2. The summed E-state index contributed by atoms with van der Waals surface area (Å²) in [5.74, 6) is 0.448. The third-order valence-corrected chi connectivity index (χ3v) is 1.83. The molecule has 0 saturated carbocycles. The van der Waals surface area contributed by atoms with Gasteiger partial charge in [0.05, 0.1) is 18.4 Å². The quantitative estimate of drug-likeness (QED) is 0.253. The number of methoxy groups -OCH3 is 1. The number of carbonyl (C=O) groups is 1.